The minimum Gasteiger partial charge on any atom is -0.319 e. The zero-order chi connectivity index (χ0) is 23.5. The van der Waals surface area contributed by atoms with Crippen molar-refractivity contribution in [1.82, 2.24) is 19.9 Å². The van der Waals surface area contributed by atoms with Crippen LogP contribution in [0, 0.1) is 0 Å². The van der Waals surface area contributed by atoms with E-state index >= 15 is 0 Å². The summed E-state index contributed by atoms with van der Waals surface area (Å²) in [5.41, 5.74) is 11.8. The zero-order valence-corrected chi connectivity index (χ0v) is 19.3. The fourth-order valence-electron chi connectivity index (χ4n) is 4.61. The maximum absolute atomic E-state index is 12.5. The summed E-state index contributed by atoms with van der Waals surface area (Å²) in [5.74, 6) is 3.67. The average Bonchev–Trinajstić information content (AvgIpc) is 3.24. The van der Waals surface area contributed by atoms with Crippen molar-refractivity contribution in [2.45, 2.75) is 10.4 Å². The van der Waals surface area contributed by atoms with Crippen LogP contribution in [0.2, 0.25) is 0 Å². The van der Waals surface area contributed by atoms with E-state index in [1.165, 1.54) is 0 Å². The van der Waals surface area contributed by atoms with Gasteiger partial charge in [-0.1, -0.05) is 54.6 Å². The van der Waals surface area contributed by atoms with Gasteiger partial charge in [0.25, 0.3) is 0 Å². The van der Waals surface area contributed by atoms with Crippen LogP contribution in [0.1, 0.15) is 5.56 Å². The second-order valence-electron chi connectivity index (χ2n) is 8.89. The summed E-state index contributed by atoms with van der Waals surface area (Å²) in [6, 6.07) is 19.8. The van der Waals surface area contributed by atoms with Crippen LogP contribution in [0.15, 0.2) is 84.1 Å². The number of hydrogen-bond acceptors (Lipinski definition) is 5. The van der Waals surface area contributed by atoms with Crippen molar-refractivity contribution < 1.29 is 4.21 Å². The first-order valence-corrected chi connectivity index (χ1v) is 12.7. The van der Waals surface area contributed by atoms with E-state index in [1.54, 1.807) is 10.6 Å². The Hall–Kier alpha value is -3.56. The first kappa shape index (κ1) is 21.0. The van der Waals surface area contributed by atoms with Crippen molar-refractivity contribution in [3.63, 3.8) is 0 Å². The van der Waals surface area contributed by atoms with Crippen LogP contribution in [-0.4, -0.2) is 37.8 Å². The van der Waals surface area contributed by atoms with E-state index in [1.807, 2.05) is 48.9 Å². The lowest BCUT2D eigenvalue weighted by Gasteiger charge is -2.39. The summed E-state index contributed by atoms with van der Waals surface area (Å²) in [6.07, 6.45) is 5.64. The van der Waals surface area contributed by atoms with Gasteiger partial charge in [0, 0.05) is 36.6 Å². The fourth-order valence-corrected chi connectivity index (χ4v) is 5.46. The van der Waals surface area contributed by atoms with Gasteiger partial charge in [0.05, 0.1) is 26.3 Å². The van der Waals surface area contributed by atoms with Gasteiger partial charge in [-0.2, -0.15) is 5.10 Å². The van der Waals surface area contributed by atoms with Crippen molar-refractivity contribution in [3.8, 4) is 22.3 Å². The van der Waals surface area contributed by atoms with Gasteiger partial charge in [0.2, 0.25) is 0 Å². The van der Waals surface area contributed by atoms with Gasteiger partial charge in [-0.25, -0.2) is 13.7 Å². The molecule has 0 aliphatic carbocycles. The monoisotopic (exact) mass is 468 g/mol. The predicted octanol–water partition coefficient (Wildman–Crippen LogP) is 2.92. The first-order chi connectivity index (χ1) is 16.3. The molecule has 1 fully saturated rings. The van der Waals surface area contributed by atoms with Crippen LogP contribution in [0.5, 0.6) is 0 Å². The summed E-state index contributed by atoms with van der Waals surface area (Å²) < 4.78 is 14.3. The van der Waals surface area contributed by atoms with Gasteiger partial charge in [-0.15, -0.1) is 0 Å². The molecule has 0 bridgehead atoms. The van der Waals surface area contributed by atoms with Crippen LogP contribution in [0.25, 0.3) is 38.7 Å². The minimum absolute atomic E-state index is 0.277. The highest BCUT2D eigenvalue weighted by Gasteiger charge is 2.33. The molecule has 3 heterocycles. The number of benzene rings is 3. The molecule has 3 aromatic carbocycles. The Balaban J connectivity index is 1.42. The molecule has 5 aromatic rings. The van der Waals surface area contributed by atoms with Gasteiger partial charge in [-0.05, 0) is 39.4 Å². The molecule has 7 nitrogen and oxygen atoms in total. The van der Waals surface area contributed by atoms with Crippen molar-refractivity contribution in [2.24, 2.45) is 10.9 Å². The highest BCUT2D eigenvalue weighted by Crippen LogP contribution is 2.34. The number of fused-ring (bicyclic) bond motifs is 2. The lowest BCUT2D eigenvalue weighted by Crippen LogP contribution is -2.62. The molecule has 0 amide bonds. The lowest BCUT2D eigenvalue weighted by molar-refractivity contribution is 0.287. The van der Waals surface area contributed by atoms with E-state index in [0.29, 0.717) is 4.90 Å². The maximum atomic E-state index is 12.5. The Kier molecular flexibility index (Phi) is 4.62. The van der Waals surface area contributed by atoms with Crippen LogP contribution >= 0.6 is 0 Å². The zero-order valence-electron chi connectivity index (χ0n) is 18.4. The van der Waals surface area contributed by atoms with Crippen LogP contribution in [-0.2, 0) is 15.2 Å². The van der Waals surface area contributed by atoms with E-state index in [4.69, 9.17) is 15.9 Å². The van der Waals surface area contributed by atoms with Crippen molar-refractivity contribution in [1.29, 1.82) is 0 Å². The molecule has 6 rings (SSSR count). The Labute approximate surface area is 197 Å². The molecule has 1 aliphatic rings. The largest absolute Gasteiger partial charge is 0.319 e. The molecular formula is C26H24N6OS. The van der Waals surface area contributed by atoms with E-state index in [2.05, 4.69) is 40.6 Å². The molecule has 1 saturated heterocycles. The summed E-state index contributed by atoms with van der Waals surface area (Å²) in [5, 5.41) is 15.4. The second-order valence-corrected chi connectivity index (χ2v) is 10.8. The van der Waals surface area contributed by atoms with E-state index in [9.17, 15) is 4.21 Å². The third-order valence-electron chi connectivity index (χ3n) is 6.58. The van der Waals surface area contributed by atoms with Crippen LogP contribution < -0.4 is 16.2 Å². The average molecular weight is 469 g/mol. The third kappa shape index (κ3) is 3.31. The molecule has 0 saturated carbocycles. The second kappa shape index (κ2) is 7.48. The molecular weight excluding hydrogens is 444 g/mol. The van der Waals surface area contributed by atoms with E-state index < -0.39 is 9.71 Å². The Bertz CT molecular complexity index is 1670. The number of nitrogens with one attached hydrogen (secondary N) is 1. The summed E-state index contributed by atoms with van der Waals surface area (Å²) in [7, 11) is -2.85. The lowest BCUT2D eigenvalue weighted by atomic mass is 9.85. The highest BCUT2D eigenvalue weighted by atomic mass is 32.2. The molecule has 1 atom stereocenters. The van der Waals surface area contributed by atoms with Crippen molar-refractivity contribution >= 4 is 32.0 Å². The molecule has 2 aromatic heterocycles. The van der Waals surface area contributed by atoms with Crippen LogP contribution in [0.4, 0.5) is 0 Å². The number of aromatic nitrogens is 3. The number of rotatable bonds is 4. The Morgan fingerprint density at radius 3 is 2.35 bits per heavy atom. The smallest absolute Gasteiger partial charge is 0.162 e. The first-order valence-electron chi connectivity index (χ1n) is 10.9. The Morgan fingerprint density at radius 1 is 0.941 bits per heavy atom. The quantitative estimate of drug-likeness (QED) is 0.351. The van der Waals surface area contributed by atoms with Gasteiger partial charge >= 0.3 is 0 Å². The molecule has 1 aliphatic heterocycles. The van der Waals surface area contributed by atoms with Gasteiger partial charge in [0.1, 0.15) is 0 Å². The normalized spacial score (nSPS) is 16.9. The predicted molar refractivity (Wildman–Crippen MR) is 138 cm³/mol. The molecule has 0 spiro atoms. The molecule has 1 unspecified atom stereocenters. The van der Waals surface area contributed by atoms with Crippen molar-refractivity contribution in [3.05, 3.63) is 84.8 Å². The molecule has 5 N–H and O–H groups in total. The summed E-state index contributed by atoms with van der Waals surface area (Å²) in [6.45, 7) is 1.59. The standard InChI is InChI=1S/C26H24N6OS/c1-34(28,33)24-11-10-21(20-4-2-3-5-22(20)24)23-13-31-32-14-18(12-30-25(23)32)17-6-8-19(9-7-17)26(27)15-29-16-26/h2-14,29H,1,15-16,27H2,(H2,28,33). The minimum atomic E-state index is -2.85. The van der Waals surface area contributed by atoms with Gasteiger partial charge in [-0.3, -0.25) is 5.14 Å². The molecule has 34 heavy (non-hydrogen) atoms. The molecule has 170 valence electrons. The molecule has 8 heteroatoms. The summed E-state index contributed by atoms with van der Waals surface area (Å²) in [4.78, 5) is 5.28. The number of nitrogens with zero attached hydrogens (tertiary/aromatic N) is 3. The summed E-state index contributed by atoms with van der Waals surface area (Å²) >= 11 is 0. The maximum Gasteiger partial charge on any atom is 0.162 e. The molecule has 0 radical (unpaired) electrons. The van der Waals surface area contributed by atoms with E-state index in [-0.39, 0.29) is 5.54 Å². The highest BCUT2D eigenvalue weighted by molar-refractivity contribution is 7.98. The fraction of sp³-hybridized carbons (Fsp3) is 0.115. The topological polar surface area (TPSA) is 111 Å². The van der Waals surface area contributed by atoms with Gasteiger partial charge < -0.3 is 11.1 Å². The number of nitrogens with two attached hydrogens (primary N) is 2. The van der Waals surface area contributed by atoms with Crippen molar-refractivity contribution in [2.75, 3.05) is 13.1 Å². The van der Waals surface area contributed by atoms with Crippen LogP contribution in [0.3, 0.4) is 0 Å². The third-order valence-corrected chi connectivity index (χ3v) is 7.68. The number of hydrogen-bond donors (Lipinski definition) is 3. The SMILES string of the molecule is C=S(N)(=O)c1ccc(-c2cnn3cc(-c4ccc(C5(N)CNC5)cc4)cnc23)c2ccccc12. The van der Waals surface area contributed by atoms with Gasteiger partial charge in [0.15, 0.2) is 5.65 Å². The van der Waals surface area contributed by atoms with E-state index in [0.717, 1.165) is 57.3 Å². The Morgan fingerprint density at radius 2 is 1.68 bits per heavy atom.